The molecule has 2 heterocycles. The zero-order chi connectivity index (χ0) is 11.8. The SMILES string of the molecule is O=c1oc2cc(O)ccc2cc1-c1cccs1. The molecule has 0 unspecified atom stereocenters. The Labute approximate surface area is 101 Å². The molecule has 0 aliphatic carbocycles. The highest BCUT2D eigenvalue weighted by Crippen LogP contribution is 2.26. The summed E-state index contributed by atoms with van der Waals surface area (Å²) in [7, 11) is 0. The molecule has 0 fully saturated rings. The molecule has 1 N–H and O–H groups in total. The summed E-state index contributed by atoms with van der Waals surface area (Å²) in [5.41, 5.74) is 0.569. The zero-order valence-electron chi connectivity index (χ0n) is 8.71. The average Bonchev–Trinajstić information content (AvgIpc) is 2.81. The van der Waals surface area contributed by atoms with E-state index >= 15 is 0 Å². The summed E-state index contributed by atoms with van der Waals surface area (Å²) in [4.78, 5) is 12.7. The summed E-state index contributed by atoms with van der Waals surface area (Å²) >= 11 is 1.49. The van der Waals surface area contributed by atoms with Crippen LogP contribution in [-0.2, 0) is 0 Å². The maximum atomic E-state index is 11.8. The molecule has 4 heteroatoms. The molecule has 1 aromatic carbocycles. The number of phenolic OH excluding ortho intramolecular Hbond substituents is 1. The van der Waals surface area contributed by atoms with E-state index in [0.29, 0.717) is 11.1 Å². The van der Waals surface area contributed by atoms with Gasteiger partial charge in [0.1, 0.15) is 11.3 Å². The van der Waals surface area contributed by atoms with Gasteiger partial charge in [-0.3, -0.25) is 0 Å². The Morgan fingerprint density at radius 3 is 2.82 bits per heavy atom. The highest BCUT2D eigenvalue weighted by atomic mass is 32.1. The third kappa shape index (κ3) is 1.72. The first-order valence-corrected chi connectivity index (χ1v) is 5.93. The third-order valence-electron chi connectivity index (χ3n) is 2.51. The van der Waals surface area contributed by atoms with E-state index in [4.69, 9.17) is 4.42 Å². The summed E-state index contributed by atoms with van der Waals surface area (Å²) in [6.07, 6.45) is 0. The number of phenols is 1. The molecule has 17 heavy (non-hydrogen) atoms. The molecule has 0 saturated heterocycles. The quantitative estimate of drug-likeness (QED) is 0.668. The molecule has 3 rings (SSSR count). The Morgan fingerprint density at radius 1 is 1.18 bits per heavy atom. The van der Waals surface area contributed by atoms with Crippen LogP contribution in [0.3, 0.4) is 0 Å². The molecule has 0 aliphatic heterocycles. The molecule has 3 aromatic rings. The second kappa shape index (κ2) is 3.75. The van der Waals surface area contributed by atoms with E-state index in [-0.39, 0.29) is 11.4 Å². The minimum Gasteiger partial charge on any atom is -0.508 e. The van der Waals surface area contributed by atoms with E-state index in [2.05, 4.69) is 0 Å². The van der Waals surface area contributed by atoms with E-state index in [9.17, 15) is 9.90 Å². The number of aromatic hydroxyl groups is 1. The first-order chi connectivity index (χ1) is 8.24. The third-order valence-corrected chi connectivity index (χ3v) is 3.41. The zero-order valence-corrected chi connectivity index (χ0v) is 9.53. The van der Waals surface area contributed by atoms with Crippen LogP contribution in [0.15, 0.2) is 51.0 Å². The number of hydrogen-bond acceptors (Lipinski definition) is 4. The molecule has 0 radical (unpaired) electrons. The Morgan fingerprint density at radius 2 is 2.06 bits per heavy atom. The van der Waals surface area contributed by atoms with Crippen LogP contribution in [0.4, 0.5) is 0 Å². The van der Waals surface area contributed by atoms with Gasteiger partial charge in [-0.2, -0.15) is 0 Å². The van der Waals surface area contributed by atoms with Crippen molar-refractivity contribution in [3.63, 3.8) is 0 Å². The van der Waals surface area contributed by atoms with Crippen molar-refractivity contribution in [2.24, 2.45) is 0 Å². The molecule has 2 aromatic heterocycles. The van der Waals surface area contributed by atoms with Crippen molar-refractivity contribution in [3.05, 3.63) is 52.2 Å². The predicted molar refractivity (Wildman–Crippen MR) is 67.5 cm³/mol. The van der Waals surface area contributed by atoms with Crippen molar-refractivity contribution in [1.82, 2.24) is 0 Å². The van der Waals surface area contributed by atoms with E-state index in [0.717, 1.165) is 10.3 Å². The van der Waals surface area contributed by atoms with Crippen molar-refractivity contribution in [2.45, 2.75) is 0 Å². The van der Waals surface area contributed by atoms with Gasteiger partial charge in [-0.25, -0.2) is 4.79 Å². The summed E-state index contributed by atoms with van der Waals surface area (Å²) in [5, 5.41) is 12.0. The fraction of sp³-hybridized carbons (Fsp3) is 0. The van der Waals surface area contributed by atoms with Gasteiger partial charge in [-0.05, 0) is 29.6 Å². The van der Waals surface area contributed by atoms with Crippen LogP contribution in [0.25, 0.3) is 21.4 Å². The number of thiophene rings is 1. The fourth-order valence-corrected chi connectivity index (χ4v) is 2.43. The topological polar surface area (TPSA) is 50.4 Å². The molecule has 0 saturated carbocycles. The Hall–Kier alpha value is -2.07. The monoisotopic (exact) mass is 244 g/mol. The van der Waals surface area contributed by atoms with Gasteiger partial charge in [-0.15, -0.1) is 11.3 Å². The fourth-order valence-electron chi connectivity index (χ4n) is 1.70. The van der Waals surface area contributed by atoms with Gasteiger partial charge in [0.2, 0.25) is 0 Å². The standard InChI is InChI=1S/C13H8O3S/c14-9-4-3-8-6-10(12-2-1-5-17-12)13(15)16-11(8)7-9/h1-7,14H. The molecule has 0 spiro atoms. The van der Waals surface area contributed by atoms with Gasteiger partial charge in [0.05, 0.1) is 5.56 Å². The lowest BCUT2D eigenvalue weighted by Crippen LogP contribution is -2.01. The van der Waals surface area contributed by atoms with Crippen LogP contribution >= 0.6 is 11.3 Å². The van der Waals surface area contributed by atoms with E-state index < -0.39 is 0 Å². The van der Waals surface area contributed by atoms with E-state index in [1.165, 1.54) is 17.4 Å². The van der Waals surface area contributed by atoms with Gasteiger partial charge in [0.25, 0.3) is 0 Å². The molecule has 0 atom stereocenters. The average molecular weight is 244 g/mol. The summed E-state index contributed by atoms with van der Waals surface area (Å²) in [5.74, 6) is 0.0875. The Kier molecular flexibility index (Phi) is 2.23. The van der Waals surface area contributed by atoms with Gasteiger partial charge < -0.3 is 9.52 Å². The lowest BCUT2D eigenvalue weighted by Gasteiger charge is -2.00. The van der Waals surface area contributed by atoms with Crippen LogP contribution in [0.1, 0.15) is 0 Å². The van der Waals surface area contributed by atoms with Crippen LogP contribution in [0, 0.1) is 0 Å². The molecular weight excluding hydrogens is 236 g/mol. The van der Waals surface area contributed by atoms with Crippen molar-refractivity contribution in [2.75, 3.05) is 0 Å². The number of hydrogen-bond donors (Lipinski definition) is 1. The van der Waals surface area contributed by atoms with Gasteiger partial charge in [-0.1, -0.05) is 6.07 Å². The second-order valence-corrected chi connectivity index (χ2v) is 4.59. The molecule has 3 nitrogen and oxygen atoms in total. The summed E-state index contributed by atoms with van der Waals surface area (Å²) in [6, 6.07) is 10.3. The number of fused-ring (bicyclic) bond motifs is 1. The first kappa shape index (κ1) is 10.1. The number of benzene rings is 1. The van der Waals surface area contributed by atoms with Gasteiger partial charge in [0.15, 0.2) is 0 Å². The summed E-state index contributed by atoms with van der Waals surface area (Å²) in [6.45, 7) is 0. The lowest BCUT2D eigenvalue weighted by atomic mass is 10.1. The lowest BCUT2D eigenvalue weighted by molar-refractivity contribution is 0.473. The normalized spacial score (nSPS) is 10.8. The van der Waals surface area contributed by atoms with Crippen LogP contribution < -0.4 is 5.63 Å². The van der Waals surface area contributed by atoms with Crippen molar-refractivity contribution >= 4 is 22.3 Å². The van der Waals surface area contributed by atoms with Gasteiger partial charge >= 0.3 is 5.63 Å². The predicted octanol–water partition coefficient (Wildman–Crippen LogP) is 3.23. The number of rotatable bonds is 1. The maximum absolute atomic E-state index is 11.8. The highest BCUT2D eigenvalue weighted by Gasteiger charge is 2.08. The van der Waals surface area contributed by atoms with Crippen LogP contribution in [-0.4, -0.2) is 5.11 Å². The molecular formula is C13H8O3S. The van der Waals surface area contributed by atoms with Crippen molar-refractivity contribution in [1.29, 1.82) is 0 Å². The summed E-state index contributed by atoms with van der Waals surface area (Å²) < 4.78 is 5.19. The van der Waals surface area contributed by atoms with Crippen LogP contribution in [0.2, 0.25) is 0 Å². The highest BCUT2D eigenvalue weighted by molar-refractivity contribution is 7.13. The van der Waals surface area contributed by atoms with Crippen LogP contribution in [0.5, 0.6) is 5.75 Å². The minimum absolute atomic E-state index is 0.0875. The minimum atomic E-state index is -0.384. The molecule has 0 bridgehead atoms. The Bertz CT molecular complexity index is 726. The Balaban J connectivity index is 2.32. The molecule has 0 aliphatic rings. The maximum Gasteiger partial charge on any atom is 0.345 e. The molecule has 0 amide bonds. The van der Waals surface area contributed by atoms with E-state index in [1.54, 1.807) is 18.2 Å². The molecule has 84 valence electrons. The van der Waals surface area contributed by atoms with Gasteiger partial charge in [0, 0.05) is 16.3 Å². The van der Waals surface area contributed by atoms with Crippen molar-refractivity contribution in [3.8, 4) is 16.2 Å². The largest absolute Gasteiger partial charge is 0.508 e. The van der Waals surface area contributed by atoms with Crippen molar-refractivity contribution < 1.29 is 9.52 Å². The first-order valence-electron chi connectivity index (χ1n) is 5.05. The smallest absolute Gasteiger partial charge is 0.345 e. The van der Waals surface area contributed by atoms with E-state index in [1.807, 2.05) is 17.5 Å². The second-order valence-electron chi connectivity index (χ2n) is 3.65.